The quantitative estimate of drug-likeness (QED) is 0.661. The SMILES string of the molecule is CC[C@@H](C(=O)NC(C)C)N(Cc1ccccc1)C(=O)Cc1ccc(Cl)cc1Cl. The van der Waals surface area contributed by atoms with Crippen LogP contribution >= 0.6 is 23.2 Å². The molecule has 2 aromatic rings. The lowest BCUT2D eigenvalue weighted by molar-refractivity contribution is -0.141. The number of hydrogen-bond donors (Lipinski definition) is 1. The number of nitrogens with zero attached hydrogens (tertiary/aromatic N) is 1. The van der Waals surface area contributed by atoms with Crippen LogP contribution in [0.4, 0.5) is 0 Å². The van der Waals surface area contributed by atoms with Gasteiger partial charge in [0, 0.05) is 22.6 Å². The zero-order valence-electron chi connectivity index (χ0n) is 16.4. The molecule has 0 aromatic heterocycles. The lowest BCUT2D eigenvalue weighted by atomic mass is 10.1. The van der Waals surface area contributed by atoms with E-state index in [1.165, 1.54) is 0 Å². The molecule has 0 bridgehead atoms. The first-order valence-corrected chi connectivity index (χ1v) is 10.1. The van der Waals surface area contributed by atoms with Gasteiger partial charge in [0.1, 0.15) is 6.04 Å². The van der Waals surface area contributed by atoms with Gasteiger partial charge in [-0.3, -0.25) is 9.59 Å². The van der Waals surface area contributed by atoms with Crippen LogP contribution in [0.3, 0.4) is 0 Å². The van der Waals surface area contributed by atoms with E-state index < -0.39 is 6.04 Å². The van der Waals surface area contributed by atoms with Gasteiger partial charge in [0.05, 0.1) is 6.42 Å². The molecular weight excluding hydrogens is 395 g/mol. The second-order valence-electron chi connectivity index (χ2n) is 7.01. The molecule has 2 amide bonds. The summed E-state index contributed by atoms with van der Waals surface area (Å²) in [5.74, 6) is -0.303. The molecule has 2 aromatic carbocycles. The molecule has 1 N–H and O–H groups in total. The van der Waals surface area contributed by atoms with Gasteiger partial charge in [-0.05, 0) is 43.5 Å². The van der Waals surface area contributed by atoms with E-state index in [0.29, 0.717) is 28.6 Å². The fourth-order valence-corrected chi connectivity index (χ4v) is 3.49. The minimum Gasteiger partial charge on any atom is -0.352 e. The Morgan fingerprint density at radius 1 is 1.07 bits per heavy atom. The molecule has 0 radical (unpaired) electrons. The van der Waals surface area contributed by atoms with E-state index in [1.54, 1.807) is 23.1 Å². The molecule has 0 aliphatic carbocycles. The van der Waals surface area contributed by atoms with E-state index in [9.17, 15) is 9.59 Å². The number of halogens is 2. The Morgan fingerprint density at radius 2 is 1.75 bits per heavy atom. The number of carbonyl (C=O) groups excluding carboxylic acids is 2. The van der Waals surface area contributed by atoms with Gasteiger partial charge in [-0.15, -0.1) is 0 Å². The van der Waals surface area contributed by atoms with E-state index in [4.69, 9.17) is 23.2 Å². The number of carbonyl (C=O) groups is 2. The minimum atomic E-state index is -0.554. The van der Waals surface area contributed by atoms with Gasteiger partial charge < -0.3 is 10.2 Å². The average Bonchev–Trinajstić information content (AvgIpc) is 2.64. The number of benzene rings is 2. The number of amides is 2. The van der Waals surface area contributed by atoms with Crippen molar-refractivity contribution >= 4 is 35.0 Å². The molecule has 0 aliphatic rings. The Bertz CT molecular complexity index is 809. The molecule has 0 saturated carbocycles. The highest BCUT2D eigenvalue weighted by atomic mass is 35.5. The highest BCUT2D eigenvalue weighted by Crippen LogP contribution is 2.23. The molecule has 150 valence electrons. The molecule has 4 nitrogen and oxygen atoms in total. The van der Waals surface area contributed by atoms with Gasteiger partial charge >= 0.3 is 0 Å². The zero-order valence-corrected chi connectivity index (χ0v) is 17.9. The lowest BCUT2D eigenvalue weighted by Gasteiger charge is -2.31. The third-order valence-corrected chi connectivity index (χ3v) is 4.96. The summed E-state index contributed by atoms with van der Waals surface area (Å²) in [6.45, 7) is 6.07. The molecule has 0 unspecified atom stereocenters. The van der Waals surface area contributed by atoms with Gasteiger partial charge in [-0.2, -0.15) is 0 Å². The van der Waals surface area contributed by atoms with Gasteiger partial charge in [0.15, 0.2) is 0 Å². The Hall–Kier alpha value is -2.04. The van der Waals surface area contributed by atoms with Crippen LogP contribution in [0.1, 0.15) is 38.3 Å². The van der Waals surface area contributed by atoms with Gasteiger partial charge in [-0.25, -0.2) is 0 Å². The normalized spacial score (nSPS) is 11.9. The summed E-state index contributed by atoms with van der Waals surface area (Å²) in [5, 5.41) is 3.88. The monoisotopic (exact) mass is 420 g/mol. The maximum atomic E-state index is 13.2. The van der Waals surface area contributed by atoms with Crippen LogP contribution in [0.5, 0.6) is 0 Å². The molecule has 0 saturated heterocycles. The Kier molecular flexibility index (Phi) is 8.34. The molecular formula is C22H26Cl2N2O2. The van der Waals surface area contributed by atoms with Crippen LogP contribution in [-0.2, 0) is 22.6 Å². The topological polar surface area (TPSA) is 49.4 Å². The summed E-state index contributed by atoms with van der Waals surface area (Å²) < 4.78 is 0. The van der Waals surface area contributed by atoms with Crippen LogP contribution in [0.15, 0.2) is 48.5 Å². The highest BCUT2D eigenvalue weighted by Gasteiger charge is 2.29. The van der Waals surface area contributed by atoms with E-state index in [1.807, 2.05) is 51.1 Å². The van der Waals surface area contributed by atoms with Gasteiger partial charge in [0.2, 0.25) is 11.8 Å². The largest absolute Gasteiger partial charge is 0.352 e. The molecule has 0 heterocycles. The second-order valence-corrected chi connectivity index (χ2v) is 7.85. The number of hydrogen-bond acceptors (Lipinski definition) is 2. The molecule has 2 rings (SSSR count). The van der Waals surface area contributed by atoms with E-state index in [-0.39, 0.29) is 24.3 Å². The van der Waals surface area contributed by atoms with Crippen molar-refractivity contribution in [2.45, 2.75) is 52.2 Å². The van der Waals surface area contributed by atoms with Crippen molar-refractivity contribution < 1.29 is 9.59 Å². The molecule has 28 heavy (non-hydrogen) atoms. The van der Waals surface area contributed by atoms with E-state index in [0.717, 1.165) is 5.56 Å². The van der Waals surface area contributed by atoms with Gasteiger partial charge in [0.25, 0.3) is 0 Å². The van der Waals surface area contributed by atoms with Crippen LogP contribution < -0.4 is 5.32 Å². The van der Waals surface area contributed by atoms with Crippen molar-refractivity contribution in [3.63, 3.8) is 0 Å². The van der Waals surface area contributed by atoms with Crippen LogP contribution in [0.25, 0.3) is 0 Å². The minimum absolute atomic E-state index is 0.000868. The highest BCUT2D eigenvalue weighted by molar-refractivity contribution is 6.35. The zero-order chi connectivity index (χ0) is 20.7. The first-order valence-electron chi connectivity index (χ1n) is 9.39. The molecule has 1 atom stereocenters. The predicted molar refractivity (Wildman–Crippen MR) is 115 cm³/mol. The summed E-state index contributed by atoms with van der Waals surface area (Å²) in [6, 6.07) is 14.2. The Labute approximate surface area is 176 Å². The Morgan fingerprint density at radius 3 is 2.32 bits per heavy atom. The van der Waals surface area contributed by atoms with Crippen molar-refractivity contribution in [3.05, 3.63) is 69.7 Å². The average molecular weight is 421 g/mol. The van der Waals surface area contributed by atoms with Crippen molar-refractivity contribution in [3.8, 4) is 0 Å². The van der Waals surface area contributed by atoms with Crippen molar-refractivity contribution in [2.75, 3.05) is 0 Å². The third-order valence-electron chi connectivity index (χ3n) is 4.37. The molecule has 0 spiro atoms. The maximum Gasteiger partial charge on any atom is 0.243 e. The van der Waals surface area contributed by atoms with Crippen LogP contribution in [-0.4, -0.2) is 28.8 Å². The van der Waals surface area contributed by atoms with E-state index >= 15 is 0 Å². The Balaban J connectivity index is 2.30. The first kappa shape index (κ1) is 22.3. The van der Waals surface area contributed by atoms with Gasteiger partial charge in [-0.1, -0.05) is 66.5 Å². The van der Waals surface area contributed by atoms with E-state index in [2.05, 4.69) is 5.32 Å². The summed E-state index contributed by atoms with van der Waals surface area (Å²) in [6.07, 6.45) is 0.625. The summed E-state index contributed by atoms with van der Waals surface area (Å²) in [4.78, 5) is 27.6. The van der Waals surface area contributed by atoms with Crippen molar-refractivity contribution in [2.24, 2.45) is 0 Å². The number of nitrogens with one attached hydrogen (secondary N) is 1. The first-order chi connectivity index (χ1) is 13.3. The summed E-state index contributed by atoms with van der Waals surface area (Å²) in [7, 11) is 0. The van der Waals surface area contributed by atoms with Crippen LogP contribution in [0, 0.1) is 0 Å². The molecule has 0 fully saturated rings. The molecule has 6 heteroatoms. The fraction of sp³-hybridized carbons (Fsp3) is 0.364. The standard InChI is InChI=1S/C22H26Cl2N2O2/c1-4-20(22(28)25-15(2)3)26(14-16-8-6-5-7-9-16)21(27)12-17-10-11-18(23)13-19(17)24/h5-11,13,15,20H,4,12,14H2,1-3H3,(H,25,28)/t20-/m0/s1. The predicted octanol–water partition coefficient (Wildman–Crippen LogP) is 4.87. The summed E-state index contributed by atoms with van der Waals surface area (Å²) in [5.41, 5.74) is 1.65. The smallest absolute Gasteiger partial charge is 0.243 e. The van der Waals surface area contributed by atoms with Crippen molar-refractivity contribution in [1.29, 1.82) is 0 Å². The lowest BCUT2D eigenvalue weighted by Crippen LogP contribution is -2.50. The van der Waals surface area contributed by atoms with Crippen LogP contribution in [0.2, 0.25) is 10.0 Å². The van der Waals surface area contributed by atoms with Crippen molar-refractivity contribution in [1.82, 2.24) is 10.2 Å². The maximum absolute atomic E-state index is 13.2. The summed E-state index contributed by atoms with van der Waals surface area (Å²) >= 11 is 12.2. The number of rotatable bonds is 8. The third kappa shape index (κ3) is 6.25. The molecule has 0 aliphatic heterocycles. The fourth-order valence-electron chi connectivity index (χ4n) is 3.01. The second kappa shape index (κ2) is 10.5.